The Morgan fingerprint density at radius 2 is 1.52 bits per heavy atom. The van der Waals surface area contributed by atoms with Gasteiger partial charge in [-0.1, -0.05) is 109 Å². The molecule has 0 radical (unpaired) electrons. The SMILES string of the molecule is CC[C@H](C)[C@H](CC(=O)C[C@@H](C)c1ccccc1)C(=O)N(C)[C@H](C[C@@H](OC(C)=O)c1nc(C(=O)N[C@@H](Cc2ccccc2)C[C@H](C)C(=O)OC)cs1)C(C)C. The maximum Gasteiger partial charge on any atom is 0.308 e. The van der Waals surface area contributed by atoms with Gasteiger partial charge >= 0.3 is 11.9 Å². The molecule has 0 aliphatic heterocycles. The van der Waals surface area contributed by atoms with Crippen molar-refractivity contribution >= 4 is 40.9 Å². The third-order valence-corrected chi connectivity index (χ3v) is 11.2. The van der Waals surface area contributed by atoms with Gasteiger partial charge in [-0.25, -0.2) is 4.98 Å². The van der Waals surface area contributed by atoms with Gasteiger partial charge in [0.05, 0.1) is 13.0 Å². The zero-order chi connectivity index (χ0) is 39.9. The molecule has 54 heavy (non-hydrogen) atoms. The lowest BCUT2D eigenvalue weighted by Gasteiger charge is -2.36. The summed E-state index contributed by atoms with van der Waals surface area (Å²) in [7, 11) is 3.10. The van der Waals surface area contributed by atoms with Crippen molar-refractivity contribution in [2.24, 2.45) is 23.7 Å². The minimum Gasteiger partial charge on any atom is -0.469 e. The van der Waals surface area contributed by atoms with Gasteiger partial charge < -0.3 is 19.7 Å². The Hall–Kier alpha value is -4.38. The summed E-state index contributed by atoms with van der Waals surface area (Å²) in [6, 6.07) is 18.9. The van der Waals surface area contributed by atoms with Crippen LogP contribution < -0.4 is 5.32 Å². The molecular formula is C43H59N3O7S. The molecule has 1 heterocycles. The van der Waals surface area contributed by atoms with Crippen molar-refractivity contribution in [3.63, 3.8) is 0 Å². The Bertz CT molecular complexity index is 1660. The van der Waals surface area contributed by atoms with E-state index in [-0.39, 0.29) is 66.0 Å². The predicted molar refractivity (Wildman–Crippen MR) is 212 cm³/mol. The number of methoxy groups -OCH3 is 1. The first-order valence-corrected chi connectivity index (χ1v) is 19.9. The van der Waals surface area contributed by atoms with Crippen LogP contribution in [-0.2, 0) is 35.1 Å². The quantitative estimate of drug-likeness (QED) is 0.108. The third-order valence-electron chi connectivity index (χ3n) is 10.3. The molecule has 0 fully saturated rings. The number of carbonyl (C=O) groups excluding carboxylic acids is 5. The number of nitrogens with zero attached hydrogens (tertiary/aromatic N) is 2. The Kier molecular flexibility index (Phi) is 17.5. The maximum atomic E-state index is 14.3. The molecule has 0 aliphatic rings. The van der Waals surface area contributed by atoms with Crippen molar-refractivity contribution in [3.8, 4) is 0 Å². The second-order valence-electron chi connectivity index (χ2n) is 14.9. The molecule has 0 saturated carbocycles. The van der Waals surface area contributed by atoms with E-state index in [9.17, 15) is 24.0 Å². The van der Waals surface area contributed by atoms with E-state index in [0.29, 0.717) is 24.3 Å². The summed E-state index contributed by atoms with van der Waals surface area (Å²) >= 11 is 1.21. The first-order chi connectivity index (χ1) is 25.6. The van der Waals surface area contributed by atoms with Crippen LogP contribution in [0.2, 0.25) is 0 Å². The molecule has 11 heteroatoms. The summed E-state index contributed by atoms with van der Waals surface area (Å²) in [6.07, 6.45) is 1.57. The second-order valence-corrected chi connectivity index (χ2v) is 15.8. The highest BCUT2D eigenvalue weighted by molar-refractivity contribution is 7.09. The van der Waals surface area contributed by atoms with Crippen LogP contribution in [0.4, 0.5) is 0 Å². The molecule has 0 saturated heterocycles. The number of ether oxygens (including phenoxy) is 2. The number of esters is 2. The Balaban J connectivity index is 1.80. The zero-order valence-electron chi connectivity index (χ0n) is 33.4. The van der Waals surface area contributed by atoms with E-state index >= 15 is 0 Å². The highest BCUT2D eigenvalue weighted by Crippen LogP contribution is 2.33. The van der Waals surface area contributed by atoms with Gasteiger partial charge in [0.2, 0.25) is 5.91 Å². The van der Waals surface area contributed by atoms with Crippen LogP contribution in [0.3, 0.4) is 0 Å². The number of amides is 2. The van der Waals surface area contributed by atoms with Crippen molar-refractivity contribution in [1.29, 1.82) is 0 Å². The number of rotatable bonds is 21. The molecule has 0 aliphatic carbocycles. The van der Waals surface area contributed by atoms with Crippen molar-refractivity contribution in [3.05, 3.63) is 87.9 Å². The summed E-state index contributed by atoms with van der Waals surface area (Å²) in [5.41, 5.74) is 2.27. The predicted octanol–water partition coefficient (Wildman–Crippen LogP) is 7.98. The van der Waals surface area contributed by atoms with E-state index in [0.717, 1.165) is 17.5 Å². The monoisotopic (exact) mass is 761 g/mol. The molecular weight excluding hydrogens is 703 g/mol. The molecule has 7 atom stereocenters. The van der Waals surface area contributed by atoms with Gasteiger partial charge in [0, 0.05) is 56.6 Å². The lowest BCUT2D eigenvalue weighted by molar-refractivity contribution is -0.149. The van der Waals surface area contributed by atoms with Gasteiger partial charge in [-0.05, 0) is 41.7 Å². The van der Waals surface area contributed by atoms with E-state index in [1.54, 1.807) is 24.3 Å². The topological polar surface area (TPSA) is 132 Å². The van der Waals surface area contributed by atoms with Gasteiger partial charge in [0.25, 0.3) is 5.91 Å². The summed E-state index contributed by atoms with van der Waals surface area (Å²) in [4.78, 5) is 72.2. The molecule has 3 aromatic rings. The van der Waals surface area contributed by atoms with Crippen LogP contribution in [0.25, 0.3) is 0 Å². The molecule has 0 unspecified atom stereocenters. The smallest absolute Gasteiger partial charge is 0.308 e. The molecule has 0 spiro atoms. The maximum absolute atomic E-state index is 14.3. The molecule has 1 aromatic heterocycles. The Labute approximate surface area is 325 Å². The number of nitrogens with one attached hydrogen (secondary N) is 1. The highest BCUT2D eigenvalue weighted by atomic mass is 32.1. The average molecular weight is 762 g/mol. The normalized spacial score (nSPS) is 15.2. The molecule has 10 nitrogen and oxygen atoms in total. The number of carbonyl (C=O) groups is 5. The van der Waals surface area contributed by atoms with Crippen LogP contribution >= 0.6 is 11.3 Å². The molecule has 1 N–H and O–H groups in total. The van der Waals surface area contributed by atoms with Gasteiger partial charge in [0.15, 0.2) is 6.10 Å². The number of thiazole rings is 1. The molecule has 0 bridgehead atoms. The van der Waals surface area contributed by atoms with Crippen molar-refractivity contribution in [1.82, 2.24) is 15.2 Å². The van der Waals surface area contributed by atoms with Crippen LogP contribution in [-0.4, -0.2) is 65.7 Å². The molecule has 2 amide bonds. The summed E-state index contributed by atoms with van der Waals surface area (Å²) in [5.74, 6) is -2.27. The summed E-state index contributed by atoms with van der Waals surface area (Å²) in [6.45, 7) is 13.2. The van der Waals surface area contributed by atoms with Crippen LogP contribution in [0.15, 0.2) is 66.0 Å². The largest absolute Gasteiger partial charge is 0.469 e. The fraction of sp³-hybridized carbons (Fsp3) is 0.535. The average Bonchev–Trinajstić information content (AvgIpc) is 3.65. The first kappa shape index (κ1) is 44.0. The van der Waals surface area contributed by atoms with E-state index < -0.39 is 29.8 Å². The van der Waals surface area contributed by atoms with E-state index in [1.165, 1.54) is 25.4 Å². The minimum absolute atomic E-state index is 0.0191. The lowest BCUT2D eigenvalue weighted by Crippen LogP contribution is -2.46. The van der Waals surface area contributed by atoms with E-state index in [4.69, 9.17) is 9.47 Å². The second kappa shape index (κ2) is 21.5. The van der Waals surface area contributed by atoms with Crippen molar-refractivity contribution < 1.29 is 33.4 Å². The van der Waals surface area contributed by atoms with Crippen LogP contribution in [0.5, 0.6) is 0 Å². The lowest BCUT2D eigenvalue weighted by atomic mass is 9.83. The number of aromatic nitrogens is 1. The molecule has 3 rings (SSSR count). The number of ketones is 1. The van der Waals surface area contributed by atoms with E-state index in [2.05, 4.69) is 10.3 Å². The van der Waals surface area contributed by atoms with Gasteiger partial charge in [-0.15, -0.1) is 11.3 Å². The Morgan fingerprint density at radius 1 is 0.889 bits per heavy atom. The Morgan fingerprint density at radius 3 is 2.09 bits per heavy atom. The minimum atomic E-state index is -0.813. The fourth-order valence-corrected chi connectivity index (χ4v) is 7.76. The van der Waals surface area contributed by atoms with Crippen LogP contribution in [0, 0.1) is 23.7 Å². The first-order valence-electron chi connectivity index (χ1n) is 19.0. The standard InChI is InChI=1S/C43H59N3O7S/c1-10-28(4)36(24-35(48)22-29(5)33-19-15-12-16-20-33)42(50)46(8)38(27(2)3)25-39(53-31(7)47)41-45-37(26-54-41)40(49)44-34(21-30(6)43(51)52-9)23-32-17-13-11-14-18-32/h11-20,26-30,34,36,38-39H,10,21-25H2,1-9H3,(H,44,49)/t28-,29+,30-,34+,36-,38+,39+/m0/s1. The zero-order valence-corrected chi connectivity index (χ0v) is 34.2. The van der Waals surface area contributed by atoms with E-state index in [1.807, 2.05) is 95.3 Å². The van der Waals surface area contributed by atoms with Crippen LogP contribution in [0.1, 0.15) is 119 Å². The summed E-state index contributed by atoms with van der Waals surface area (Å²) < 4.78 is 10.7. The van der Waals surface area contributed by atoms with Crippen molar-refractivity contribution in [2.75, 3.05) is 14.2 Å². The fourth-order valence-electron chi connectivity index (χ4n) is 6.92. The number of hydrogen-bond acceptors (Lipinski definition) is 9. The van der Waals surface area contributed by atoms with Gasteiger partial charge in [0.1, 0.15) is 16.5 Å². The highest BCUT2D eigenvalue weighted by Gasteiger charge is 2.36. The third kappa shape index (κ3) is 13.2. The summed E-state index contributed by atoms with van der Waals surface area (Å²) in [5, 5.41) is 5.12. The molecule has 2 aromatic carbocycles. The molecule has 294 valence electrons. The van der Waals surface area contributed by atoms with Gasteiger partial charge in [-0.3, -0.25) is 24.0 Å². The van der Waals surface area contributed by atoms with Crippen molar-refractivity contribution in [2.45, 2.75) is 111 Å². The number of hydrogen-bond donors (Lipinski definition) is 1. The van der Waals surface area contributed by atoms with Gasteiger partial charge in [-0.2, -0.15) is 0 Å². The number of Topliss-reactive ketones (excluding diaryl/α,β-unsaturated/α-hetero) is 1. The number of benzene rings is 2.